The Hall–Kier alpha value is -1.38. The van der Waals surface area contributed by atoms with Gasteiger partial charge in [-0.2, -0.15) is 0 Å². The Bertz CT molecular complexity index is 491. The van der Waals surface area contributed by atoms with E-state index in [2.05, 4.69) is 23.3 Å². The van der Waals surface area contributed by atoms with Crippen LogP contribution in [-0.2, 0) is 6.42 Å². The van der Waals surface area contributed by atoms with Gasteiger partial charge in [-0.05, 0) is 49.4 Å². The van der Waals surface area contributed by atoms with E-state index in [1.54, 1.807) is 0 Å². The zero-order valence-electron chi connectivity index (χ0n) is 10.7. The lowest BCUT2D eigenvalue weighted by molar-refractivity contribution is 0.584. The molecule has 0 radical (unpaired) electrons. The first kappa shape index (κ1) is 13.1. The van der Waals surface area contributed by atoms with Gasteiger partial charge < -0.3 is 5.32 Å². The van der Waals surface area contributed by atoms with E-state index < -0.39 is 0 Å². The number of aryl methyl sites for hydroxylation is 1. The van der Waals surface area contributed by atoms with Gasteiger partial charge in [0.2, 0.25) is 0 Å². The molecule has 0 aliphatic heterocycles. The topological polar surface area (TPSA) is 24.9 Å². The number of pyridine rings is 1. The summed E-state index contributed by atoms with van der Waals surface area (Å²) in [5.41, 5.74) is 3.46. The summed E-state index contributed by atoms with van der Waals surface area (Å²) in [7, 11) is 1.96. The van der Waals surface area contributed by atoms with E-state index in [1.165, 1.54) is 11.1 Å². The van der Waals surface area contributed by atoms with Crippen LogP contribution >= 0.6 is 11.6 Å². The summed E-state index contributed by atoms with van der Waals surface area (Å²) < 4.78 is 0. The lowest BCUT2D eigenvalue weighted by Crippen LogP contribution is -2.19. The van der Waals surface area contributed by atoms with Crippen molar-refractivity contribution in [2.45, 2.75) is 19.4 Å². The molecular formula is C15H17ClN2. The third kappa shape index (κ3) is 3.31. The van der Waals surface area contributed by atoms with Crippen molar-refractivity contribution in [3.8, 4) is 0 Å². The van der Waals surface area contributed by atoms with Crippen molar-refractivity contribution < 1.29 is 0 Å². The molecule has 1 N–H and O–H groups in total. The van der Waals surface area contributed by atoms with Crippen LogP contribution in [0.3, 0.4) is 0 Å². The zero-order valence-corrected chi connectivity index (χ0v) is 11.4. The second kappa shape index (κ2) is 5.98. The third-order valence-electron chi connectivity index (χ3n) is 2.95. The minimum absolute atomic E-state index is 0.234. The Morgan fingerprint density at radius 3 is 2.72 bits per heavy atom. The minimum atomic E-state index is 0.234. The van der Waals surface area contributed by atoms with E-state index >= 15 is 0 Å². The SMILES string of the molecule is CNC(Cc1ccccn1)c1cc(C)cc(Cl)c1. The van der Waals surface area contributed by atoms with Gasteiger partial charge in [-0.25, -0.2) is 0 Å². The van der Waals surface area contributed by atoms with Gasteiger partial charge >= 0.3 is 0 Å². The molecule has 0 bridgehead atoms. The molecule has 1 aromatic carbocycles. The number of hydrogen-bond acceptors (Lipinski definition) is 2. The highest BCUT2D eigenvalue weighted by Crippen LogP contribution is 2.22. The predicted molar refractivity (Wildman–Crippen MR) is 75.9 cm³/mol. The van der Waals surface area contributed by atoms with E-state index in [0.717, 1.165) is 17.1 Å². The summed E-state index contributed by atoms with van der Waals surface area (Å²) in [5, 5.41) is 4.11. The normalized spacial score (nSPS) is 12.4. The maximum Gasteiger partial charge on any atom is 0.0422 e. The average molecular weight is 261 g/mol. The van der Waals surface area contributed by atoms with Crippen LogP contribution in [-0.4, -0.2) is 12.0 Å². The molecule has 0 aliphatic rings. The van der Waals surface area contributed by atoms with Crippen LogP contribution in [0.4, 0.5) is 0 Å². The molecule has 2 nitrogen and oxygen atoms in total. The van der Waals surface area contributed by atoms with Gasteiger partial charge in [-0.15, -0.1) is 0 Å². The summed E-state index contributed by atoms with van der Waals surface area (Å²) in [6.45, 7) is 2.06. The van der Waals surface area contributed by atoms with Crippen molar-refractivity contribution >= 4 is 11.6 Å². The Kier molecular flexibility index (Phi) is 4.34. The highest BCUT2D eigenvalue weighted by atomic mass is 35.5. The number of rotatable bonds is 4. The molecule has 0 amide bonds. The van der Waals surface area contributed by atoms with Crippen LogP contribution in [0.5, 0.6) is 0 Å². The third-order valence-corrected chi connectivity index (χ3v) is 3.17. The van der Waals surface area contributed by atoms with Crippen molar-refractivity contribution in [1.82, 2.24) is 10.3 Å². The van der Waals surface area contributed by atoms with Gasteiger partial charge in [0.05, 0.1) is 0 Å². The summed E-state index contributed by atoms with van der Waals surface area (Å²) in [6, 6.07) is 12.4. The Balaban J connectivity index is 2.23. The summed E-state index contributed by atoms with van der Waals surface area (Å²) in [5.74, 6) is 0. The molecule has 94 valence electrons. The summed E-state index contributed by atoms with van der Waals surface area (Å²) >= 11 is 6.11. The monoisotopic (exact) mass is 260 g/mol. The quantitative estimate of drug-likeness (QED) is 0.910. The number of nitrogens with one attached hydrogen (secondary N) is 1. The van der Waals surface area contributed by atoms with Crippen LogP contribution in [0.15, 0.2) is 42.6 Å². The van der Waals surface area contributed by atoms with E-state index in [9.17, 15) is 0 Å². The van der Waals surface area contributed by atoms with E-state index in [0.29, 0.717) is 0 Å². The number of benzene rings is 1. The van der Waals surface area contributed by atoms with Gasteiger partial charge in [0.25, 0.3) is 0 Å². The maximum absolute atomic E-state index is 6.11. The van der Waals surface area contributed by atoms with Crippen LogP contribution in [0.2, 0.25) is 5.02 Å². The second-order valence-corrected chi connectivity index (χ2v) is 4.86. The molecule has 0 saturated carbocycles. The van der Waals surface area contributed by atoms with E-state index in [-0.39, 0.29) is 6.04 Å². The van der Waals surface area contributed by atoms with Crippen molar-refractivity contribution in [1.29, 1.82) is 0 Å². The lowest BCUT2D eigenvalue weighted by atomic mass is 10.00. The van der Waals surface area contributed by atoms with Crippen LogP contribution < -0.4 is 5.32 Å². The standard InChI is InChI=1S/C15H17ClN2/c1-11-7-12(9-13(16)8-11)15(17-2)10-14-5-3-4-6-18-14/h3-9,15,17H,10H2,1-2H3. The fourth-order valence-electron chi connectivity index (χ4n) is 2.08. The van der Waals surface area contributed by atoms with Gasteiger partial charge in [-0.1, -0.05) is 23.7 Å². The minimum Gasteiger partial charge on any atom is -0.313 e. The van der Waals surface area contributed by atoms with Crippen molar-refractivity contribution in [2.24, 2.45) is 0 Å². The Labute approximate surface area is 113 Å². The highest BCUT2D eigenvalue weighted by Gasteiger charge is 2.11. The van der Waals surface area contributed by atoms with Gasteiger partial charge in [-0.3, -0.25) is 4.98 Å². The predicted octanol–water partition coefficient (Wildman–Crippen LogP) is 3.55. The average Bonchev–Trinajstić information content (AvgIpc) is 2.36. The molecule has 2 rings (SSSR count). The van der Waals surface area contributed by atoms with Crippen LogP contribution in [0, 0.1) is 6.92 Å². The van der Waals surface area contributed by atoms with Crippen LogP contribution in [0.1, 0.15) is 22.9 Å². The van der Waals surface area contributed by atoms with Crippen molar-refractivity contribution in [2.75, 3.05) is 7.05 Å². The largest absolute Gasteiger partial charge is 0.313 e. The molecule has 0 saturated heterocycles. The van der Waals surface area contributed by atoms with E-state index in [4.69, 9.17) is 11.6 Å². The first-order valence-electron chi connectivity index (χ1n) is 6.03. The maximum atomic E-state index is 6.11. The second-order valence-electron chi connectivity index (χ2n) is 4.43. The molecule has 1 heterocycles. The molecule has 1 unspecified atom stereocenters. The van der Waals surface area contributed by atoms with Gasteiger partial charge in [0, 0.05) is 29.4 Å². The van der Waals surface area contributed by atoms with E-state index in [1.807, 2.05) is 43.6 Å². The molecular weight excluding hydrogens is 244 g/mol. The Morgan fingerprint density at radius 1 is 1.28 bits per heavy atom. The number of likely N-dealkylation sites (N-methyl/N-ethyl adjacent to an activating group) is 1. The van der Waals surface area contributed by atoms with Crippen molar-refractivity contribution in [3.63, 3.8) is 0 Å². The number of halogens is 1. The van der Waals surface area contributed by atoms with Crippen molar-refractivity contribution in [3.05, 3.63) is 64.4 Å². The summed E-state index contributed by atoms with van der Waals surface area (Å²) in [4.78, 5) is 4.36. The molecule has 0 spiro atoms. The molecule has 18 heavy (non-hydrogen) atoms. The molecule has 1 atom stereocenters. The van der Waals surface area contributed by atoms with Gasteiger partial charge in [0.15, 0.2) is 0 Å². The molecule has 1 aromatic heterocycles. The lowest BCUT2D eigenvalue weighted by Gasteiger charge is -2.17. The fourth-order valence-corrected chi connectivity index (χ4v) is 2.38. The molecule has 0 fully saturated rings. The smallest absolute Gasteiger partial charge is 0.0422 e. The molecule has 3 heteroatoms. The fraction of sp³-hybridized carbons (Fsp3) is 0.267. The summed E-state index contributed by atoms with van der Waals surface area (Å²) in [6.07, 6.45) is 2.68. The number of hydrogen-bond donors (Lipinski definition) is 1. The first-order chi connectivity index (χ1) is 8.69. The highest BCUT2D eigenvalue weighted by molar-refractivity contribution is 6.30. The first-order valence-corrected chi connectivity index (χ1v) is 6.41. The van der Waals surface area contributed by atoms with Crippen LogP contribution in [0.25, 0.3) is 0 Å². The molecule has 0 aliphatic carbocycles. The molecule has 2 aromatic rings. The Morgan fingerprint density at radius 2 is 2.11 bits per heavy atom. The number of aromatic nitrogens is 1. The van der Waals surface area contributed by atoms with Gasteiger partial charge in [0.1, 0.15) is 0 Å². The zero-order chi connectivity index (χ0) is 13.0. The number of nitrogens with zero attached hydrogens (tertiary/aromatic N) is 1.